The first-order valence-corrected chi connectivity index (χ1v) is 8.67. The number of nitrogens with zero attached hydrogens (tertiary/aromatic N) is 2. The van der Waals surface area contributed by atoms with E-state index >= 15 is 0 Å². The summed E-state index contributed by atoms with van der Waals surface area (Å²) < 4.78 is 0. The fourth-order valence-electron chi connectivity index (χ4n) is 3.27. The standard InChI is InChI=1S/C14H28N2S/c1-13(7-11-17-2)16-10-5-9-15-8-4-3-6-14(15)12-16/h13-14H,3-12H2,1-2H3. The van der Waals surface area contributed by atoms with E-state index in [9.17, 15) is 0 Å². The Balaban J connectivity index is 1.86. The van der Waals surface area contributed by atoms with Crippen LogP contribution in [0.4, 0.5) is 0 Å². The lowest BCUT2D eigenvalue weighted by molar-refractivity contribution is 0.122. The van der Waals surface area contributed by atoms with E-state index in [0.717, 1.165) is 12.1 Å². The highest BCUT2D eigenvalue weighted by Gasteiger charge is 2.28. The summed E-state index contributed by atoms with van der Waals surface area (Å²) in [5.74, 6) is 1.31. The third kappa shape index (κ3) is 3.87. The largest absolute Gasteiger partial charge is 0.299 e. The summed E-state index contributed by atoms with van der Waals surface area (Å²) in [6.45, 7) is 7.78. The predicted octanol–water partition coefficient (Wildman–Crippen LogP) is 2.69. The molecule has 3 heteroatoms. The fourth-order valence-corrected chi connectivity index (χ4v) is 3.85. The van der Waals surface area contributed by atoms with Gasteiger partial charge >= 0.3 is 0 Å². The van der Waals surface area contributed by atoms with Crippen molar-refractivity contribution < 1.29 is 0 Å². The monoisotopic (exact) mass is 256 g/mol. The van der Waals surface area contributed by atoms with Crippen LogP contribution in [0.1, 0.15) is 39.0 Å². The molecule has 0 amide bonds. The van der Waals surface area contributed by atoms with E-state index in [4.69, 9.17) is 0 Å². The molecule has 2 rings (SSSR count). The van der Waals surface area contributed by atoms with Crippen LogP contribution in [-0.2, 0) is 0 Å². The van der Waals surface area contributed by atoms with Crippen LogP contribution in [0.5, 0.6) is 0 Å². The van der Waals surface area contributed by atoms with Gasteiger partial charge in [-0.1, -0.05) is 6.42 Å². The molecule has 0 radical (unpaired) electrons. The molecule has 2 fully saturated rings. The molecule has 0 bridgehead atoms. The minimum absolute atomic E-state index is 0.782. The molecule has 0 spiro atoms. The average Bonchev–Trinajstić information content (AvgIpc) is 2.58. The Kier molecular flexibility index (Phi) is 5.64. The Morgan fingerprint density at radius 3 is 2.82 bits per heavy atom. The van der Waals surface area contributed by atoms with Gasteiger partial charge in [0.1, 0.15) is 0 Å². The molecule has 2 unspecified atom stereocenters. The summed E-state index contributed by atoms with van der Waals surface area (Å²) in [7, 11) is 0. The zero-order valence-electron chi connectivity index (χ0n) is 11.5. The Hall–Kier alpha value is 0.270. The van der Waals surface area contributed by atoms with Crippen LogP contribution in [-0.4, -0.2) is 60.1 Å². The van der Waals surface area contributed by atoms with E-state index in [1.165, 1.54) is 64.0 Å². The van der Waals surface area contributed by atoms with E-state index in [2.05, 4.69) is 23.0 Å². The van der Waals surface area contributed by atoms with E-state index in [-0.39, 0.29) is 0 Å². The zero-order chi connectivity index (χ0) is 12.1. The van der Waals surface area contributed by atoms with Crippen molar-refractivity contribution in [2.45, 2.75) is 51.1 Å². The molecule has 0 N–H and O–H groups in total. The molecule has 0 aromatic carbocycles. The minimum atomic E-state index is 0.782. The summed E-state index contributed by atoms with van der Waals surface area (Å²) in [6, 6.07) is 1.65. The summed E-state index contributed by atoms with van der Waals surface area (Å²) in [5.41, 5.74) is 0. The maximum atomic E-state index is 2.76. The maximum Gasteiger partial charge on any atom is 0.0223 e. The second-order valence-electron chi connectivity index (χ2n) is 5.66. The molecule has 0 saturated carbocycles. The number of thioether (sulfide) groups is 1. The highest BCUT2D eigenvalue weighted by Crippen LogP contribution is 2.22. The Labute approximate surface area is 111 Å². The van der Waals surface area contributed by atoms with Crippen LogP contribution >= 0.6 is 11.8 Å². The molecule has 0 aliphatic carbocycles. The molecule has 17 heavy (non-hydrogen) atoms. The minimum Gasteiger partial charge on any atom is -0.299 e. The quantitative estimate of drug-likeness (QED) is 0.763. The van der Waals surface area contributed by atoms with Gasteiger partial charge in [0.05, 0.1) is 0 Å². The first-order valence-electron chi connectivity index (χ1n) is 7.28. The van der Waals surface area contributed by atoms with Crippen molar-refractivity contribution in [3.8, 4) is 0 Å². The van der Waals surface area contributed by atoms with Gasteiger partial charge in [0.2, 0.25) is 0 Å². The summed E-state index contributed by atoms with van der Waals surface area (Å²) >= 11 is 1.98. The van der Waals surface area contributed by atoms with Crippen LogP contribution in [0.3, 0.4) is 0 Å². The topological polar surface area (TPSA) is 6.48 Å². The Bertz CT molecular complexity index is 222. The van der Waals surface area contributed by atoms with E-state index in [0.29, 0.717) is 0 Å². The number of piperidine rings is 1. The summed E-state index contributed by atoms with van der Waals surface area (Å²) in [5, 5.41) is 0. The van der Waals surface area contributed by atoms with Gasteiger partial charge in [0.15, 0.2) is 0 Å². The van der Waals surface area contributed by atoms with Crippen LogP contribution in [0.25, 0.3) is 0 Å². The van der Waals surface area contributed by atoms with Gasteiger partial charge in [-0.15, -0.1) is 0 Å². The lowest BCUT2D eigenvalue weighted by atomic mass is 10.0. The Morgan fingerprint density at radius 1 is 1.18 bits per heavy atom. The van der Waals surface area contributed by atoms with Gasteiger partial charge in [0.25, 0.3) is 0 Å². The molecule has 0 aromatic heterocycles. The van der Waals surface area contributed by atoms with Crippen molar-refractivity contribution in [2.75, 3.05) is 38.2 Å². The van der Waals surface area contributed by atoms with Crippen molar-refractivity contribution in [2.24, 2.45) is 0 Å². The van der Waals surface area contributed by atoms with Gasteiger partial charge in [-0.05, 0) is 64.2 Å². The van der Waals surface area contributed by atoms with E-state index in [1.807, 2.05) is 11.8 Å². The van der Waals surface area contributed by atoms with Crippen molar-refractivity contribution >= 4 is 11.8 Å². The average molecular weight is 256 g/mol. The molecule has 2 atom stereocenters. The normalized spacial score (nSPS) is 29.6. The van der Waals surface area contributed by atoms with Crippen LogP contribution in [0.15, 0.2) is 0 Å². The molecule has 2 saturated heterocycles. The van der Waals surface area contributed by atoms with Crippen molar-refractivity contribution in [1.29, 1.82) is 0 Å². The molecule has 2 heterocycles. The molecule has 2 nitrogen and oxygen atoms in total. The SMILES string of the molecule is CSCCC(C)N1CCCN2CCCCC2C1. The van der Waals surface area contributed by atoms with E-state index in [1.54, 1.807) is 0 Å². The van der Waals surface area contributed by atoms with Crippen molar-refractivity contribution in [3.63, 3.8) is 0 Å². The van der Waals surface area contributed by atoms with Gasteiger partial charge in [-0.25, -0.2) is 0 Å². The molecule has 0 aromatic rings. The smallest absolute Gasteiger partial charge is 0.0223 e. The van der Waals surface area contributed by atoms with Gasteiger partial charge in [-0.3, -0.25) is 9.80 Å². The Morgan fingerprint density at radius 2 is 2.00 bits per heavy atom. The summed E-state index contributed by atoms with van der Waals surface area (Å²) in [4.78, 5) is 5.51. The molecular formula is C14H28N2S. The predicted molar refractivity (Wildman–Crippen MR) is 77.9 cm³/mol. The number of rotatable bonds is 4. The highest BCUT2D eigenvalue weighted by atomic mass is 32.2. The molecule has 2 aliphatic heterocycles. The van der Waals surface area contributed by atoms with Crippen LogP contribution in [0, 0.1) is 0 Å². The van der Waals surface area contributed by atoms with Gasteiger partial charge < -0.3 is 0 Å². The third-order valence-corrected chi connectivity index (χ3v) is 5.09. The van der Waals surface area contributed by atoms with Crippen molar-refractivity contribution in [1.82, 2.24) is 9.80 Å². The maximum absolute atomic E-state index is 2.76. The number of hydrogen-bond acceptors (Lipinski definition) is 3. The van der Waals surface area contributed by atoms with Gasteiger partial charge in [-0.2, -0.15) is 11.8 Å². The first-order chi connectivity index (χ1) is 8.31. The zero-order valence-corrected chi connectivity index (χ0v) is 12.3. The third-order valence-electron chi connectivity index (χ3n) is 4.45. The second-order valence-corrected chi connectivity index (χ2v) is 6.65. The fraction of sp³-hybridized carbons (Fsp3) is 1.00. The lowest BCUT2D eigenvalue weighted by Crippen LogP contribution is -2.46. The highest BCUT2D eigenvalue weighted by molar-refractivity contribution is 7.98. The van der Waals surface area contributed by atoms with Crippen molar-refractivity contribution in [3.05, 3.63) is 0 Å². The molecule has 2 aliphatic rings. The molecular weight excluding hydrogens is 228 g/mol. The van der Waals surface area contributed by atoms with Gasteiger partial charge in [0, 0.05) is 18.6 Å². The second kappa shape index (κ2) is 7.01. The molecule has 100 valence electrons. The van der Waals surface area contributed by atoms with Crippen LogP contribution < -0.4 is 0 Å². The lowest BCUT2D eigenvalue weighted by Gasteiger charge is -2.37. The number of hydrogen-bond donors (Lipinski definition) is 0. The summed E-state index contributed by atoms with van der Waals surface area (Å²) in [6.07, 6.45) is 9.27. The first kappa shape index (κ1) is 13.7. The van der Waals surface area contributed by atoms with E-state index < -0.39 is 0 Å². The van der Waals surface area contributed by atoms with Crippen LogP contribution in [0.2, 0.25) is 0 Å². The number of fused-ring (bicyclic) bond motifs is 1.